The van der Waals surface area contributed by atoms with Gasteiger partial charge in [0.15, 0.2) is 5.96 Å². The molecule has 0 atom stereocenters. The maximum atomic E-state index is 5.62. The first-order valence-electron chi connectivity index (χ1n) is 9.91. The molecule has 1 aliphatic carbocycles. The Hall–Kier alpha value is -0.810. The summed E-state index contributed by atoms with van der Waals surface area (Å²) in [6.45, 7) is 8.24. The zero-order valence-electron chi connectivity index (χ0n) is 15.8. The van der Waals surface area contributed by atoms with Crippen LogP contribution in [0.15, 0.2) is 4.99 Å². The Bertz CT molecular complexity index is 368. The van der Waals surface area contributed by atoms with Gasteiger partial charge in [-0.1, -0.05) is 32.6 Å². The quantitative estimate of drug-likeness (QED) is 0.398. The van der Waals surface area contributed by atoms with Crippen molar-refractivity contribution < 1.29 is 9.47 Å². The largest absolute Gasteiger partial charge is 0.379 e. The molecule has 5 nitrogen and oxygen atoms in total. The van der Waals surface area contributed by atoms with Gasteiger partial charge in [-0.25, -0.2) is 0 Å². The minimum absolute atomic E-state index is 0.572. The highest BCUT2D eigenvalue weighted by Gasteiger charge is 2.39. The summed E-state index contributed by atoms with van der Waals surface area (Å²) in [7, 11) is 1.89. The first-order chi connectivity index (χ1) is 11.8. The molecule has 0 aromatic carbocycles. The molecule has 0 bridgehead atoms. The molecule has 0 aromatic heterocycles. The van der Waals surface area contributed by atoms with Gasteiger partial charge < -0.3 is 19.7 Å². The van der Waals surface area contributed by atoms with Crippen molar-refractivity contribution >= 4 is 5.96 Å². The average molecular weight is 340 g/mol. The van der Waals surface area contributed by atoms with Crippen molar-refractivity contribution in [1.29, 1.82) is 0 Å². The van der Waals surface area contributed by atoms with Gasteiger partial charge in [0.25, 0.3) is 0 Å². The molecule has 2 rings (SSSR count). The first kappa shape index (κ1) is 19.5. The molecule has 0 radical (unpaired) electrons. The van der Waals surface area contributed by atoms with Crippen LogP contribution in [0.3, 0.4) is 0 Å². The van der Waals surface area contributed by atoms with Crippen molar-refractivity contribution in [1.82, 2.24) is 10.2 Å². The van der Waals surface area contributed by atoms with E-state index in [9.17, 15) is 0 Å². The number of hydrogen-bond donors (Lipinski definition) is 1. The van der Waals surface area contributed by atoms with Crippen molar-refractivity contribution in [3.8, 4) is 0 Å². The van der Waals surface area contributed by atoms with E-state index in [0.29, 0.717) is 25.2 Å². The average Bonchev–Trinajstić information content (AvgIpc) is 3.00. The number of nitrogens with one attached hydrogen (secondary N) is 1. The lowest BCUT2D eigenvalue weighted by Crippen LogP contribution is -2.42. The monoisotopic (exact) mass is 339 g/mol. The molecule has 1 saturated carbocycles. The molecular weight excluding hydrogens is 302 g/mol. The third-order valence-corrected chi connectivity index (χ3v) is 5.41. The van der Waals surface area contributed by atoms with E-state index in [1.807, 2.05) is 7.05 Å². The van der Waals surface area contributed by atoms with Crippen LogP contribution in [-0.2, 0) is 9.47 Å². The molecule has 24 heavy (non-hydrogen) atoms. The normalized spacial score (nSPS) is 20.8. The topological polar surface area (TPSA) is 46.1 Å². The van der Waals surface area contributed by atoms with E-state index in [0.717, 1.165) is 32.1 Å². The molecule has 1 spiro atoms. The molecule has 0 aromatic rings. The lowest BCUT2D eigenvalue weighted by Gasteiger charge is -2.33. The Morgan fingerprint density at radius 1 is 1.04 bits per heavy atom. The number of nitrogens with zero attached hydrogens (tertiary/aromatic N) is 2. The van der Waals surface area contributed by atoms with Crippen LogP contribution in [0.2, 0.25) is 0 Å². The maximum absolute atomic E-state index is 5.62. The van der Waals surface area contributed by atoms with Gasteiger partial charge in [-0.05, 0) is 31.1 Å². The standard InChI is InChI=1S/C19H37N3O2/c1-3-4-13-23-15-16-24-14-11-21-18(20-2)22-12-10-19(17-22)8-6-5-7-9-19/h3-17H2,1-2H3,(H,20,21). The molecule has 1 N–H and O–H groups in total. The fraction of sp³-hybridized carbons (Fsp3) is 0.947. The van der Waals surface area contributed by atoms with Gasteiger partial charge in [0.2, 0.25) is 0 Å². The molecule has 1 saturated heterocycles. The highest BCUT2D eigenvalue weighted by molar-refractivity contribution is 5.80. The fourth-order valence-corrected chi connectivity index (χ4v) is 3.96. The number of guanidine groups is 1. The van der Waals surface area contributed by atoms with E-state index in [1.54, 1.807) is 0 Å². The third kappa shape index (κ3) is 6.25. The van der Waals surface area contributed by atoms with Gasteiger partial charge in [-0.3, -0.25) is 4.99 Å². The van der Waals surface area contributed by atoms with Crippen LogP contribution in [0.1, 0.15) is 58.3 Å². The Balaban J connectivity index is 1.56. The molecule has 2 aliphatic rings. The summed E-state index contributed by atoms with van der Waals surface area (Å²) in [5.74, 6) is 1.04. The molecule has 1 aliphatic heterocycles. The van der Waals surface area contributed by atoms with Crippen molar-refractivity contribution in [3.63, 3.8) is 0 Å². The second-order valence-corrected chi connectivity index (χ2v) is 7.28. The molecule has 2 fully saturated rings. The van der Waals surface area contributed by atoms with Crippen molar-refractivity contribution in [2.24, 2.45) is 10.4 Å². The van der Waals surface area contributed by atoms with Crippen molar-refractivity contribution in [2.75, 3.05) is 53.1 Å². The van der Waals surface area contributed by atoms with Crippen LogP contribution in [0.25, 0.3) is 0 Å². The summed E-state index contributed by atoms with van der Waals surface area (Å²) >= 11 is 0. The number of rotatable bonds is 9. The third-order valence-electron chi connectivity index (χ3n) is 5.41. The van der Waals surface area contributed by atoms with Crippen LogP contribution in [0.5, 0.6) is 0 Å². The number of aliphatic imine (C=N–C) groups is 1. The van der Waals surface area contributed by atoms with Crippen LogP contribution < -0.4 is 5.32 Å². The van der Waals surface area contributed by atoms with Gasteiger partial charge in [0.1, 0.15) is 0 Å². The lowest BCUT2D eigenvalue weighted by atomic mass is 9.73. The summed E-state index contributed by atoms with van der Waals surface area (Å²) in [6, 6.07) is 0. The van der Waals surface area contributed by atoms with E-state index < -0.39 is 0 Å². The molecule has 140 valence electrons. The Morgan fingerprint density at radius 3 is 2.50 bits per heavy atom. The molecular formula is C19H37N3O2. The SMILES string of the molecule is CCCCOCCOCCNC(=NC)N1CCC2(CCCCC2)C1. The summed E-state index contributed by atoms with van der Waals surface area (Å²) in [5.41, 5.74) is 0.572. The summed E-state index contributed by atoms with van der Waals surface area (Å²) in [6.07, 6.45) is 10.7. The van der Waals surface area contributed by atoms with Crippen LogP contribution in [-0.4, -0.2) is 64.0 Å². The number of likely N-dealkylation sites (tertiary alicyclic amines) is 1. The minimum atomic E-state index is 0.572. The van der Waals surface area contributed by atoms with Crippen molar-refractivity contribution in [3.05, 3.63) is 0 Å². The first-order valence-corrected chi connectivity index (χ1v) is 9.91. The zero-order chi connectivity index (χ0) is 17.1. The Labute approximate surface area is 148 Å². The Morgan fingerprint density at radius 2 is 1.79 bits per heavy atom. The predicted octanol–water partition coefficient (Wildman–Crippen LogP) is 3.05. The van der Waals surface area contributed by atoms with Gasteiger partial charge in [-0.2, -0.15) is 0 Å². The van der Waals surface area contributed by atoms with E-state index >= 15 is 0 Å². The van der Waals surface area contributed by atoms with Gasteiger partial charge in [-0.15, -0.1) is 0 Å². The second-order valence-electron chi connectivity index (χ2n) is 7.28. The number of ether oxygens (including phenoxy) is 2. The molecule has 0 unspecified atom stereocenters. The molecule has 0 amide bonds. The number of unbranched alkanes of at least 4 members (excludes halogenated alkanes) is 1. The summed E-state index contributed by atoms with van der Waals surface area (Å²) < 4.78 is 11.1. The van der Waals surface area contributed by atoms with E-state index in [2.05, 4.69) is 22.1 Å². The lowest BCUT2D eigenvalue weighted by molar-refractivity contribution is 0.0486. The van der Waals surface area contributed by atoms with Gasteiger partial charge in [0.05, 0.1) is 19.8 Å². The fourth-order valence-electron chi connectivity index (χ4n) is 3.96. The van der Waals surface area contributed by atoms with Crippen LogP contribution >= 0.6 is 0 Å². The van der Waals surface area contributed by atoms with E-state index in [4.69, 9.17) is 9.47 Å². The summed E-state index contributed by atoms with van der Waals surface area (Å²) in [5, 5.41) is 3.45. The molecule has 1 heterocycles. The van der Waals surface area contributed by atoms with E-state index in [-0.39, 0.29) is 0 Å². The highest BCUT2D eigenvalue weighted by Crippen LogP contribution is 2.43. The highest BCUT2D eigenvalue weighted by atomic mass is 16.5. The second kappa shape index (κ2) is 10.9. The van der Waals surface area contributed by atoms with Crippen molar-refractivity contribution in [2.45, 2.75) is 58.3 Å². The number of hydrogen-bond acceptors (Lipinski definition) is 3. The predicted molar refractivity (Wildman–Crippen MR) is 99.6 cm³/mol. The van der Waals surface area contributed by atoms with E-state index in [1.165, 1.54) is 51.5 Å². The smallest absolute Gasteiger partial charge is 0.193 e. The van der Waals surface area contributed by atoms with Gasteiger partial charge >= 0.3 is 0 Å². The summed E-state index contributed by atoms with van der Waals surface area (Å²) in [4.78, 5) is 6.91. The Kier molecular flexibility index (Phi) is 8.89. The molecule has 5 heteroatoms. The minimum Gasteiger partial charge on any atom is -0.379 e. The van der Waals surface area contributed by atoms with Gasteiger partial charge in [0, 0.05) is 33.3 Å². The van der Waals surface area contributed by atoms with Crippen LogP contribution in [0.4, 0.5) is 0 Å². The zero-order valence-corrected chi connectivity index (χ0v) is 15.8. The maximum Gasteiger partial charge on any atom is 0.193 e. The van der Waals surface area contributed by atoms with Crippen LogP contribution in [0, 0.1) is 5.41 Å².